The van der Waals surface area contributed by atoms with Crippen molar-refractivity contribution in [1.29, 1.82) is 0 Å². The van der Waals surface area contributed by atoms with Gasteiger partial charge in [-0.25, -0.2) is 8.42 Å². The Hall–Kier alpha value is -1.07. The van der Waals surface area contributed by atoms with E-state index in [0.717, 1.165) is 18.8 Å². The van der Waals surface area contributed by atoms with Gasteiger partial charge in [0.25, 0.3) is 0 Å². The van der Waals surface area contributed by atoms with Crippen LogP contribution in [0.3, 0.4) is 0 Å². The highest BCUT2D eigenvalue weighted by Gasteiger charge is 2.13. The SMILES string of the molecule is CCN(CC)c1ccc(S(=O)(=O)CCN)cc1. The van der Waals surface area contributed by atoms with Crippen LogP contribution in [-0.4, -0.2) is 33.8 Å². The third-order valence-electron chi connectivity index (χ3n) is 2.71. The van der Waals surface area contributed by atoms with Crippen molar-refractivity contribution in [2.24, 2.45) is 5.73 Å². The molecule has 0 fully saturated rings. The molecule has 2 N–H and O–H groups in total. The van der Waals surface area contributed by atoms with Crippen LogP contribution in [0.1, 0.15) is 13.8 Å². The molecule has 0 aliphatic heterocycles. The molecule has 0 aliphatic rings. The van der Waals surface area contributed by atoms with Crippen molar-refractivity contribution < 1.29 is 8.42 Å². The van der Waals surface area contributed by atoms with E-state index in [4.69, 9.17) is 5.73 Å². The molecule has 5 heteroatoms. The van der Waals surface area contributed by atoms with Crippen molar-refractivity contribution in [3.8, 4) is 0 Å². The average Bonchev–Trinajstić information content (AvgIpc) is 2.31. The van der Waals surface area contributed by atoms with E-state index < -0.39 is 9.84 Å². The van der Waals surface area contributed by atoms with Gasteiger partial charge in [0.05, 0.1) is 10.6 Å². The minimum absolute atomic E-state index is 0.00236. The lowest BCUT2D eigenvalue weighted by Gasteiger charge is -2.21. The smallest absolute Gasteiger partial charge is 0.179 e. The second kappa shape index (κ2) is 6.02. The third-order valence-corrected chi connectivity index (χ3v) is 4.47. The summed E-state index contributed by atoms with van der Waals surface area (Å²) >= 11 is 0. The number of rotatable bonds is 6. The highest BCUT2D eigenvalue weighted by molar-refractivity contribution is 7.91. The summed E-state index contributed by atoms with van der Waals surface area (Å²) in [4.78, 5) is 2.51. The lowest BCUT2D eigenvalue weighted by molar-refractivity contribution is 0.596. The monoisotopic (exact) mass is 256 g/mol. The highest BCUT2D eigenvalue weighted by Crippen LogP contribution is 2.18. The highest BCUT2D eigenvalue weighted by atomic mass is 32.2. The van der Waals surface area contributed by atoms with Crippen molar-refractivity contribution in [2.75, 3.05) is 30.3 Å². The molecule has 0 aliphatic carbocycles. The fraction of sp³-hybridized carbons (Fsp3) is 0.500. The molecule has 17 heavy (non-hydrogen) atoms. The second-order valence-electron chi connectivity index (χ2n) is 3.77. The summed E-state index contributed by atoms with van der Waals surface area (Å²) in [6, 6.07) is 6.99. The Kier molecular flexibility index (Phi) is 4.96. The van der Waals surface area contributed by atoms with Crippen LogP contribution in [0.5, 0.6) is 0 Å². The molecule has 0 atom stereocenters. The summed E-state index contributed by atoms with van der Waals surface area (Å²) in [5.41, 5.74) is 6.33. The van der Waals surface area contributed by atoms with Crippen molar-refractivity contribution in [3.05, 3.63) is 24.3 Å². The molecule has 96 valence electrons. The lowest BCUT2D eigenvalue weighted by Crippen LogP contribution is -2.22. The Labute approximate surface area is 103 Å². The van der Waals surface area contributed by atoms with Gasteiger partial charge < -0.3 is 10.6 Å². The van der Waals surface area contributed by atoms with E-state index in [9.17, 15) is 8.42 Å². The number of anilines is 1. The summed E-state index contributed by atoms with van der Waals surface area (Å²) in [5, 5.41) is 0. The van der Waals surface area contributed by atoms with Crippen LogP contribution < -0.4 is 10.6 Å². The number of nitrogens with zero attached hydrogens (tertiary/aromatic N) is 1. The predicted molar refractivity (Wildman–Crippen MR) is 71.1 cm³/mol. The van der Waals surface area contributed by atoms with Gasteiger partial charge in [-0.3, -0.25) is 0 Å². The molecule has 0 unspecified atom stereocenters. The van der Waals surface area contributed by atoms with Crippen LogP contribution in [0, 0.1) is 0 Å². The molecule has 0 saturated heterocycles. The summed E-state index contributed by atoms with van der Waals surface area (Å²) in [7, 11) is -3.21. The van der Waals surface area contributed by atoms with Crippen LogP contribution in [0.2, 0.25) is 0 Å². The predicted octanol–water partition coefficient (Wildman–Crippen LogP) is 1.27. The summed E-state index contributed by atoms with van der Waals surface area (Å²) in [6.07, 6.45) is 0. The Morgan fingerprint density at radius 3 is 2.06 bits per heavy atom. The Balaban J connectivity index is 2.95. The first-order valence-corrected chi connectivity index (χ1v) is 7.48. The Bertz CT molecular complexity index is 436. The molecule has 0 heterocycles. The van der Waals surface area contributed by atoms with Crippen LogP contribution in [0.4, 0.5) is 5.69 Å². The van der Waals surface area contributed by atoms with Crippen molar-refractivity contribution in [2.45, 2.75) is 18.7 Å². The zero-order chi connectivity index (χ0) is 12.9. The van der Waals surface area contributed by atoms with Crippen molar-refractivity contribution >= 4 is 15.5 Å². The molecule has 0 amide bonds. The quantitative estimate of drug-likeness (QED) is 0.832. The molecule has 1 rings (SSSR count). The first-order chi connectivity index (χ1) is 8.05. The van der Waals surface area contributed by atoms with E-state index in [2.05, 4.69) is 18.7 Å². The maximum Gasteiger partial charge on any atom is 0.179 e. The minimum Gasteiger partial charge on any atom is -0.372 e. The molecule has 0 saturated carbocycles. The summed E-state index contributed by atoms with van der Waals surface area (Å²) in [5.74, 6) is -0.00236. The normalized spacial score (nSPS) is 11.5. The number of sulfone groups is 1. The van der Waals surface area contributed by atoms with Crippen LogP contribution in [-0.2, 0) is 9.84 Å². The largest absolute Gasteiger partial charge is 0.372 e. The van der Waals surface area contributed by atoms with E-state index >= 15 is 0 Å². The van der Waals surface area contributed by atoms with Gasteiger partial charge in [0.15, 0.2) is 9.84 Å². The fourth-order valence-corrected chi connectivity index (χ4v) is 2.82. The van der Waals surface area contributed by atoms with Gasteiger partial charge in [-0.05, 0) is 38.1 Å². The number of hydrogen-bond acceptors (Lipinski definition) is 4. The van der Waals surface area contributed by atoms with Gasteiger partial charge in [0, 0.05) is 25.3 Å². The van der Waals surface area contributed by atoms with E-state index in [0.29, 0.717) is 4.90 Å². The molecule has 4 nitrogen and oxygen atoms in total. The molecular weight excluding hydrogens is 236 g/mol. The van der Waals surface area contributed by atoms with Gasteiger partial charge in [-0.15, -0.1) is 0 Å². The van der Waals surface area contributed by atoms with E-state index in [1.165, 1.54) is 0 Å². The van der Waals surface area contributed by atoms with Crippen molar-refractivity contribution in [3.63, 3.8) is 0 Å². The first kappa shape index (κ1) is 14.0. The third kappa shape index (κ3) is 3.44. The van der Waals surface area contributed by atoms with Gasteiger partial charge in [-0.2, -0.15) is 0 Å². The lowest BCUT2D eigenvalue weighted by atomic mass is 10.3. The van der Waals surface area contributed by atoms with Gasteiger partial charge >= 0.3 is 0 Å². The van der Waals surface area contributed by atoms with E-state index in [1.807, 2.05) is 12.1 Å². The second-order valence-corrected chi connectivity index (χ2v) is 5.88. The summed E-state index contributed by atoms with van der Waals surface area (Å²) < 4.78 is 23.5. The number of nitrogens with two attached hydrogens (primary N) is 1. The fourth-order valence-electron chi connectivity index (χ4n) is 1.73. The van der Waals surface area contributed by atoms with Gasteiger partial charge in [0.2, 0.25) is 0 Å². The maximum atomic E-state index is 11.8. The minimum atomic E-state index is -3.21. The zero-order valence-corrected chi connectivity index (χ0v) is 11.2. The van der Waals surface area contributed by atoms with Crippen LogP contribution in [0.25, 0.3) is 0 Å². The van der Waals surface area contributed by atoms with Gasteiger partial charge in [0.1, 0.15) is 0 Å². The average molecular weight is 256 g/mol. The topological polar surface area (TPSA) is 63.4 Å². The van der Waals surface area contributed by atoms with Crippen LogP contribution >= 0.6 is 0 Å². The Morgan fingerprint density at radius 2 is 1.65 bits per heavy atom. The first-order valence-electron chi connectivity index (χ1n) is 5.83. The molecular formula is C12H20N2O2S. The van der Waals surface area contributed by atoms with Crippen molar-refractivity contribution in [1.82, 2.24) is 0 Å². The van der Waals surface area contributed by atoms with E-state index in [-0.39, 0.29) is 12.3 Å². The standard InChI is InChI=1S/C12H20N2O2S/c1-3-14(4-2)11-5-7-12(8-6-11)17(15,16)10-9-13/h5-8H,3-4,9-10,13H2,1-2H3. The van der Waals surface area contributed by atoms with Crippen LogP contribution in [0.15, 0.2) is 29.2 Å². The summed E-state index contributed by atoms with van der Waals surface area (Å²) in [6.45, 7) is 6.11. The molecule has 1 aromatic rings. The van der Waals surface area contributed by atoms with Gasteiger partial charge in [-0.1, -0.05) is 0 Å². The molecule has 1 aromatic carbocycles. The number of benzene rings is 1. The molecule has 0 radical (unpaired) electrons. The molecule has 0 bridgehead atoms. The molecule has 0 aromatic heterocycles. The maximum absolute atomic E-state index is 11.8. The molecule has 0 spiro atoms. The number of hydrogen-bond donors (Lipinski definition) is 1. The Morgan fingerprint density at radius 1 is 1.12 bits per heavy atom. The van der Waals surface area contributed by atoms with E-state index in [1.54, 1.807) is 12.1 Å². The zero-order valence-electron chi connectivity index (χ0n) is 10.4.